The molecule has 0 aliphatic heterocycles. The van der Waals surface area contributed by atoms with Gasteiger partial charge in [-0.2, -0.15) is 0 Å². The van der Waals surface area contributed by atoms with E-state index in [2.05, 4.69) is 5.32 Å². The molecule has 0 aliphatic rings. The molecule has 182 valence electrons. The second-order valence-corrected chi connectivity index (χ2v) is 8.90. The molecule has 4 aromatic carbocycles. The van der Waals surface area contributed by atoms with Crippen molar-refractivity contribution in [1.29, 1.82) is 0 Å². The number of hydrogen-bond acceptors (Lipinski definition) is 2. The van der Waals surface area contributed by atoms with Crippen molar-refractivity contribution in [1.82, 2.24) is 10.2 Å². The van der Waals surface area contributed by atoms with Crippen LogP contribution in [0, 0.1) is 5.82 Å². The van der Waals surface area contributed by atoms with Gasteiger partial charge in [0, 0.05) is 18.1 Å². The molecule has 0 spiro atoms. The molecule has 1 atom stereocenters. The fourth-order valence-electron chi connectivity index (χ4n) is 3.98. The first kappa shape index (κ1) is 25.1. The van der Waals surface area contributed by atoms with E-state index in [-0.39, 0.29) is 37.1 Å². The van der Waals surface area contributed by atoms with Crippen LogP contribution >= 0.6 is 11.6 Å². The Kier molecular flexibility index (Phi) is 8.48. The highest BCUT2D eigenvalue weighted by molar-refractivity contribution is 6.30. The Labute approximate surface area is 215 Å². The molecule has 4 aromatic rings. The van der Waals surface area contributed by atoms with Gasteiger partial charge in [0.1, 0.15) is 11.9 Å². The van der Waals surface area contributed by atoms with Crippen LogP contribution in [0.5, 0.6) is 0 Å². The van der Waals surface area contributed by atoms with Gasteiger partial charge in [-0.15, -0.1) is 0 Å². The van der Waals surface area contributed by atoms with Gasteiger partial charge in [0.25, 0.3) is 0 Å². The van der Waals surface area contributed by atoms with E-state index in [1.165, 1.54) is 12.1 Å². The monoisotopic (exact) mass is 500 g/mol. The highest BCUT2D eigenvalue weighted by atomic mass is 35.5. The van der Waals surface area contributed by atoms with E-state index >= 15 is 0 Å². The van der Waals surface area contributed by atoms with Gasteiger partial charge in [-0.1, -0.05) is 96.5 Å². The predicted molar refractivity (Wildman–Crippen MR) is 140 cm³/mol. The molecule has 2 amide bonds. The quantitative estimate of drug-likeness (QED) is 0.301. The molecule has 6 heteroatoms. The second kappa shape index (κ2) is 12.1. The van der Waals surface area contributed by atoms with Gasteiger partial charge in [0.2, 0.25) is 11.8 Å². The van der Waals surface area contributed by atoms with Crippen LogP contribution in [-0.2, 0) is 29.1 Å². The van der Waals surface area contributed by atoms with Crippen molar-refractivity contribution in [2.75, 3.05) is 0 Å². The third-order valence-corrected chi connectivity index (χ3v) is 6.09. The Morgan fingerprint density at radius 1 is 0.750 bits per heavy atom. The first-order valence-electron chi connectivity index (χ1n) is 11.6. The summed E-state index contributed by atoms with van der Waals surface area (Å²) in [6.07, 6.45) is 0.135. The summed E-state index contributed by atoms with van der Waals surface area (Å²) in [6, 6.07) is 30.9. The maximum absolute atomic E-state index is 13.7. The number of amides is 2. The third kappa shape index (κ3) is 6.80. The topological polar surface area (TPSA) is 49.4 Å². The molecule has 0 saturated heterocycles. The van der Waals surface area contributed by atoms with Gasteiger partial charge in [-0.05, 0) is 46.5 Å². The van der Waals surface area contributed by atoms with Crippen LogP contribution in [0.4, 0.5) is 4.39 Å². The number of halogens is 2. The summed E-state index contributed by atoms with van der Waals surface area (Å²) < 4.78 is 13.6. The van der Waals surface area contributed by atoms with E-state index in [1.807, 2.05) is 72.8 Å². The van der Waals surface area contributed by atoms with E-state index in [9.17, 15) is 14.0 Å². The minimum Gasteiger partial charge on any atom is -0.350 e. The molecule has 4 rings (SSSR count). The normalized spacial score (nSPS) is 11.5. The van der Waals surface area contributed by atoms with Gasteiger partial charge in [0.15, 0.2) is 0 Å². The fourth-order valence-corrected chi connectivity index (χ4v) is 4.10. The summed E-state index contributed by atoms with van der Waals surface area (Å²) in [5.41, 5.74) is 3.15. The summed E-state index contributed by atoms with van der Waals surface area (Å²) in [6.45, 7) is 0.441. The van der Waals surface area contributed by atoms with Crippen molar-refractivity contribution in [2.45, 2.75) is 25.6 Å². The largest absolute Gasteiger partial charge is 0.350 e. The smallest absolute Gasteiger partial charge is 0.247 e. The molecule has 0 fully saturated rings. The zero-order valence-electron chi connectivity index (χ0n) is 19.6. The van der Waals surface area contributed by atoms with Gasteiger partial charge in [0.05, 0.1) is 6.42 Å². The Morgan fingerprint density at radius 2 is 1.33 bits per heavy atom. The summed E-state index contributed by atoms with van der Waals surface area (Å²) in [7, 11) is 0. The first-order chi connectivity index (χ1) is 17.5. The van der Waals surface area contributed by atoms with Crippen LogP contribution in [0.3, 0.4) is 0 Å². The van der Waals surface area contributed by atoms with Crippen molar-refractivity contribution < 1.29 is 14.0 Å². The summed E-state index contributed by atoms with van der Waals surface area (Å²) >= 11 is 5.98. The molecule has 1 N–H and O–H groups in total. The lowest BCUT2D eigenvalue weighted by atomic mass is 10.0. The lowest BCUT2D eigenvalue weighted by Gasteiger charge is -2.32. The van der Waals surface area contributed by atoms with Crippen molar-refractivity contribution >= 4 is 23.4 Å². The van der Waals surface area contributed by atoms with Gasteiger partial charge < -0.3 is 10.2 Å². The van der Waals surface area contributed by atoms with Crippen LogP contribution in [-0.4, -0.2) is 16.7 Å². The lowest BCUT2D eigenvalue weighted by Crippen LogP contribution is -2.43. The van der Waals surface area contributed by atoms with Crippen LogP contribution in [0.15, 0.2) is 109 Å². The second-order valence-electron chi connectivity index (χ2n) is 8.47. The Balaban J connectivity index is 1.66. The molecule has 0 aromatic heterocycles. The lowest BCUT2D eigenvalue weighted by molar-refractivity contribution is -0.141. The molecule has 0 radical (unpaired) electrons. The van der Waals surface area contributed by atoms with Crippen LogP contribution < -0.4 is 5.32 Å². The zero-order valence-corrected chi connectivity index (χ0v) is 20.4. The summed E-state index contributed by atoms with van der Waals surface area (Å²) in [5, 5.41) is 3.59. The Morgan fingerprint density at radius 3 is 1.97 bits per heavy atom. The SMILES string of the molecule is O=C(NCc1ccc(Cl)cc1)C(c1ccccc1)N(Cc1ccc(F)cc1)C(=O)Cc1ccccc1. The summed E-state index contributed by atoms with van der Waals surface area (Å²) in [4.78, 5) is 28.9. The standard InChI is InChI=1S/C30H26ClFN2O2/c31-26-15-11-23(12-16-26)20-33-30(36)29(25-9-5-2-6-10-25)34(21-24-13-17-27(32)18-14-24)28(35)19-22-7-3-1-4-8-22/h1-18,29H,19-21H2,(H,33,36). The van der Waals surface area contributed by atoms with E-state index in [4.69, 9.17) is 11.6 Å². The number of rotatable bonds is 9. The maximum Gasteiger partial charge on any atom is 0.247 e. The van der Waals surface area contributed by atoms with E-state index in [0.717, 1.165) is 16.7 Å². The van der Waals surface area contributed by atoms with Gasteiger partial charge in [-0.3, -0.25) is 9.59 Å². The molecule has 4 nitrogen and oxygen atoms in total. The number of benzene rings is 4. The molecule has 36 heavy (non-hydrogen) atoms. The molecular formula is C30H26ClFN2O2. The third-order valence-electron chi connectivity index (χ3n) is 5.84. The number of carbonyl (C=O) groups is 2. The van der Waals surface area contributed by atoms with Crippen molar-refractivity contribution in [3.05, 3.63) is 142 Å². The Hall–Kier alpha value is -3.96. The summed E-state index contributed by atoms with van der Waals surface area (Å²) in [5.74, 6) is -0.873. The number of nitrogens with one attached hydrogen (secondary N) is 1. The molecule has 0 bridgehead atoms. The number of nitrogens with zero attached hydrogens (tertiary/aromatic N) is 1. The van der Waals surface area contributed by atoms with E-state index < -0.39 is 6.04 Å². The van der Waals surface area contributed by atoms with Crippen LogP contribution in [0.1, 0.15) is 28.3 Å². The van der Waals surface area contributed by atoms with Crippen molar-refractivity contribution in [2.24, 2.45) is 0 Å². The van der Waals surface area contributed by atoms with Gasteiger partial charge in [-0.25, -0.2) is 4.39 Å². The van der Waals surface area contributed by atoms with Gasteiger partial charge >= 0.3 is 0 Å². The highest BCUT2D eigenvalue weighted by Gasteiger charge is 2.31. The highest BCUT2D eigenvalue weighted by Crippen LogP contribution is 2.25. The average Bonchev–Trinajstić information content (AvgIpc) is 2.90. The van der Waals surface area contributed by atoms with E-state index in [1.54, 1.807) is 29.2 Å². The Bertz CT molecular complexity index is 1280. The average molecular weight is 501 g/mol. The fraction of sp³-hybridized carbons (Fsp3) is 0.133. The molecule has 0 saturated carbocycles. The minimum absolute atomic E-state index is 0.135. The van der Waals surface area contributed by atoms with Crippen molar-refractivity contribution in [3.8, 4) is 0 Å². The van der Waals surface area contributed by atoms with E-state index in [0.29, 0.717) is 10.6 Å². The number of carbonyl (C=O) groups excluding carboxylic acids is 2. The minimum atomic E-state index is -0.875. The molecule has 1 unspecified atom stereocenters. The molecule has 0 aliphatic carbocycles. The first-order valence-corrected chi connectivity index (χ1v) is 12.0. The van der Waals surface area contributed by atoms with Crippen molar-refractivity contribution in [3.63, 3.8) is 0 Å². The number of hydrogen-bond donors (Lipinski definition) is 1. The van der Waals surface area contributed by atoms with Crippen LogP contribution in [0.25, 0.3) is 0 Å². The van der Waals surface area contributed by atoms with Crippen LogP contribution in [0.2, 0.25) is 5.02 Å². The molecule has 0 heterocycles. The maximum atomic E-state index is 13.7. The molecular weight excluding hydrogens is 475 g/mol. The zero-order chi connectivity index (χ0) is 25.3. The predicted octanol–water partition coefficient (Wildman–Crippen LogP) is 6.11.